The van der Waals surface area contributed by atoms with Crippen LogP contribution in [0.5, 0.6) is 0 Å². The van der Waals surface area contributed by atoms with E-state index in [0.29, 0.717) is 17.0 Å². The van der Waals surface area contributed by atoms with E-state index < -0.39 is 10.0 Å². The van der Waals surface area contributed by atoms with Crippen LogP contribution >= 0.6 is 0 Å². The summed E-state index contributed by atoms with van der Waals surface area (Å²) in [6.07, 6.45) is 5.82. The van der Waals surface area contributed by atoms with Crippen molar-refractivity contribution in [1.82, 2.24) is 29.3 Å². The molecule has 1 saturated carbocycles. The molecule has 0 radical (unpaired) electrons. The number of nitrogens with one attached hydrogen (secondary N) is 2. The first-order valence-corrected chi connectivity index (χ1v) is 11.8. The second kappa shape index (κ2) is 6.86. The van der Waals surface area contributed by atoms with Crippen molar-refractivity contribution in [1.29, 1.82) is 0 Å². The molecular weight excluding hydrogens is 412 g/mol. The molecule has 0 spiro atoms. The predicted octanol–water partition coefficient (Wildman–Crippen LogP) is 3.37. The van der Waals surface area contributed by atoms with E-state index in [9.17, 15) is 8.42 Å². The Bertz CT molecular complexity index is 1530. The van der Waals surface area contributed by atoms with Crippen molar-refractivity contribution < 1.29 is 8.42 Å². The fourth-order valence-electron chi connectivity index (χ4n) is 4.70. The maximum atomic E-state index is 13.2. The molecule has 0 unspecified atom stereocenters. The van der Waals surface area contributed by atoms with Gasteiger partial charge in [-0.05, 0) is 36.8 Å². The van der Waals surface area contributed by atoms with E-state index in [1.807, 2.05) is 47.0 Å². The van der Waals surface area contributed by atoms with Crippen LogP contribution < -0.4 is 4.72 Å². The lowest BCUT2D eigenvalue weighted by Crippen LogP contribution is -2.33. The average molecular weight is 433 g/mol. The topological polar surface area (TPSA) is 105 Å². The Labute approximate surface area is 178 Å². The van der Waals surface area contributed by atoms with Gasteiger partial charge in [0.2, 0.25) is 10.0 Å². The number of rotatable bonds is 4. The zero-order valence-electron chi connectivity index (χ0n) is 16.6. The van der Waals surface area contributed by atoms with E-state index in [4.69, 9.17) is 0 Å². The number of fused-ring (bicyclic) bond motifs is 4. The molecule has 2 aromatic carbocycles. The molecule has 1 aliphatic rings. The van der Waals surface area contributed by atoms with Gasteiger partial charge in [0.25, 0.3) is 0 Å². The zero-order valence-corrected chi connectivity index (χ0v) is 17.4. The Kier molecular flexibility index (Phi) is 4.09. The molecule has 156 valence electrons. The molecule has 0 aliphatic heterocycles. The van der Waals surface area contributed by atoms with Gasteiger partial charge in [0.05, 0.1) is 16.6 Å². The maximum Gasteiger partial charge on any atom is 0.241 e. The Morgan fingerprint density at radius 3 is 2.84 bits per heavy atom. The van der Waals surface area contributed by atoms with Crippen LogP contribution in [0.2, 0.25) is 0 Å². The summed E-state index contributed by atoms with van der Waals surface area (Å²) in [6, 6.07) is 14.7. The Morgan fingerprint density at radius 2 is 1.90 bits per heavy atom. The van der Waals surface area contributed by atoms with Crippen molar-refractivity contribution in [2.75, 3.05) is 0 Å². The van der Waals surface area contributed by atoms with Crippen LogP contribution in [0.4, 0.5) is 0 Å². The highest BCUT2D eigenvalue weighted by molar-refractivity contribution is 7.89. The number of nitrogens with zero attached hydrogens (tertiary/aromatic N) is 4. The Hall–Kier alpha value is -3.30. The molecule has 8 nitrogen and oxygen atoms in total. The van der Waals surface area contributed by atoms with Gasteiger partial charge < -0.3 is 4.98 Å². The van der Waals surface area contributed by atoms with Gasteiger partial charge in [-0.2, -0.15) is 0 Å². The Balaban J connectivity index is 1.29. The molecule has 0 saturated heterocycles. The Morgan fingerprint density at radius 1 is 1.03 bits per heavy atom. The van der Waals surface area contributed by atoms with Gasteiger partial charge in [0.15, 0.2) is 11.3 Å². The lowest BCUT2D eigenvalue weighted by atomic mass is 10.1. The van der Waals surface area contributed by atoms with E-state index in [1.54, 1.807) is 18.3 Å². The zero-order chi connectivity index (χ0) is 21.0. The first kappa shape index (κ1) is 18.5. The third-order valence-electron chi connectivity index (χ3n) is 6.13. The smallest absolute Gasteiger partial charge is 0.241 e. The van der Waals surface area contributed by atoms with Crippen LogP contribution in [-0.2, 0) is 10.0 Å². The number of sulfonamides is 1. The second-order valence-electron chi connectivity index (χ2n) is 8.03. The van der Waals surface area contributed by atoms with E-state index in [2.05, 4.69) is 24.9 Å². The first-order valence-electron chi connectivity index (χ1n) is 10.3. The lowest BCUT2D eigenvalue weighted by Gasteiger charge is -2.15. The molecular formula is C22H20N6O2S. The fraction of sp³-hybridized carbons (Fsp3) is 0.227. The molecule has 31 heavy (non-hydrogen) atoms. The van der Waals surface area contributed by atoms with E-state index in [1.165, 1.54) is 0 Å². The highest BCUT2D eigenvalue weighted by Gasteiger charge is 2.33. The number of hydrogen-bond donors (Lipinski definition) is 2. The van der Waals surface area contributed by atoms with E-state index >= 15 is 0 Å². The molecule has 1 aliphatic carbocycles. The van der Waals surface area contributed by atoms with E-state index in [-0.39, 0.29) is 12.0 Å². The minimum absolute atomic E-state index is 0.121. The number of benzene rings is 2. The second-order valence-corrected chi connectivity index (χ2v) is 9.71. The summed E-state index contributed by atoms with van der Waals surface area (Å²) in [5, 5.41) is 10.3. The summed E-state index contributed by atoms with van der Waals surface area (Å²) >= 11 is 0. The molecule has 3 heterocycles. The first-order chi connectivity index (χ1) is 15.1. The highest BCUT2D eigenvalue weighted by atomic mass is 32.2. The molecule has 5 aromatic rings. The van der Waals surface area contributed by atoms with Gasteiger partial charge in [0, 0.05) is 23.5 Å². The average Bonchev–Trinajstić information content (AvgIpc) is 3.51. The molecule has 6 rings (SSSR count). The van der Waals surface area contributed by atoms with E-state index in [0.717, 1.165) is 40.6 Å². The maximum absolute atomic E-state index is 13.2. The standard InChI is InChI=1S/C22H20N6O2S/c29-31(30,19-7-3-5-14-4-1-2-6-17(14)19)27-16-9-8-15(12-16)22-26-25-20-13-24-21-18(28(20)22)10-11-23-21/h1-7,10-11,13,15-16,23,27H,8-9,12H2/t15-,16+/m1/s1. The van der Waals surface area contributed by atoms with Crippen LogP contribution in [0, 0.1) is 0 Å². The van der Waals surface area contributed by atoms with Crippen molar-refractivity contribution in [3.8, 4) is 0 Å². The van der Waals surface area contributed by atoms with Gasteiger partial charge >= 0.3 is 0 Å². The van der Waals surface area contributed by atoms with Crippen LogP contribution in [0.25, 0.3) is 27.6 Å². The number of aromatic amines is 1. The highest BCUT2D eigenvalue weighted by Crippen LogP contribution is 2.35. The predicted molar refractivity (Wildman–Crippen MR) is 117 cm³/mol. The van der Waals surface area contributed by atoms with Crippen molar-refractivity contribution >= 4 is 37.6 Å². The quantitative estimate of drug-likeness (QED) is 0.453. The fourth-order valence-corrected chi connectivity index (χ4v) is 6.21. The number of hydrogen-bond acceptors (Lipinski definition) is 5. The van der Waals surface area contributed by atoms with Gasteiger partial charge in [-0.3, -0.25) is 4.40 Å². The summed E-state index contributed by atoms with van der Waals surface area (Å²) < 4.78 is 31.3. The summed E-state index contributed by atoms with van der Waals surface area (Å²) in [6.45, 7) is 0. The van der Waals surface area contributed by atoms with Crippen molar-refractivity contribution in [3.63, 3.8) is 0 Å². The van der Waals surface area contributed by atoms with Crippen LogP contribution in [0.15, 0.2) is 65.8 Å². The van der Waals surface area contributed by atoms with Gasteiger partial charge in [-0.25, -0.2) is 18.1 Å². The summed E-state index contributed by atoms with van der Waals surface area (Å²) in [7, 11) is -3.64. The van der Waals surface area contributed by atoms with Crippen LogP contribution in [0.1, 0.15) is 31.0 Å². The summed E-state index contributed by atoms with van der Waals surface area (Å²) in [5.41, 5.74) is 2.40. The molecule has 2 N–H and O–H groups in total. The monoisotopic (exact) mass is 432 g/mol. The SMILES string of the molecule is O=S(=O)(N[C@H]1CC[C@@H](c2nnc3cnc4[nH]ccc4n23)C1)c1cccc2ccccc12. The van der Waals surface area contributed by atoms with Crippen LogP contribution in [0.3, 0.4) is 0 Å². The third-order valence-corrected chi connectivity index (χ3v) is 7.70. The van der Waals surface area contributed by atoms with Gasteiger partial charge in [0.1, 0.15) is 5.82 Å². The number of aromatic nitrogens is 5. The molecule has 2 atom stereocenters. The minimum atomic E-state index is -3.64. The summed E-state index contributed by atoms with van der Waals surface area (Å²) in [5.74, 6) is 0.976. The third kappa shape index (κ3) is 3.00. The molecule has 0 bridgehead atoms. The summed E-state index contributed by atoms with van der Waals surface area (Å²) in [4.78, 5) is 7.79. The minimum Gasteiger partial charge on any atom is -0.345 e. The number of H-pyrrole nitrogens is 1. The molecule has 0 amide bonds. The van der Waals surface area contributed by atoms with Crippen molar-refractivity contribution in [3.05, 3.63) is 66.7 Å². The molecule has 9 heteroatoms. The van der Waals surface area contributed by atoms with Crippen molar-refractivity contribution in [2.45, 2.75) is 36.1 Å². The van der Waals surface area contributed by atoms with Crippen LogP contribution in [-0.4, -0.2) is 39.0 Å². The molecule has 1 fully saturated rings. The lowest BCUT2D eigenvalue weighted by molar-refractivity contribution is 0.547. The van der Waals surface area contributed by atoms with Gasteiger partial charge in [-0.1, -0.05) is 36.4 Å². The molecule has 3 aromatic heterocycles. The van der Waals surface area contributed by atoms with Gasteiger partial charge in [-0.15, -0.1) is 10.2 Å². The largest absolute Gasteiger partial charge is 0.345 e. The van der Waals surface area contributed by atoms with Crippen molar-refractivity contribution in [2.24, 2.45) is 0 Å². The normalized spacial score (nSPS) is 19.6.